The quantitative estimate of drug-likeness (QED) is 0.530. The van der Waals surface area contributed by atoms with Gasteiger partial charge in [-0.15, -0.1) is 0 Å². The van der Waals surface area contributed by atoms with E-state index >= 15 is 0 Å². The van der Waals surface area contributed by atoms with Crippen LogP contribution in [0.3, 0.4) is 0 Å². The zero-order valence-electron chi connectivity index (χ0n) is 13.2. The van der Waals surface area contributed by atoms with Crippen molar-refractivity contribution in [2.75, 3.05) is 39.5 Å². The summed E-state index contributed by atoms with van der Waals surface area (Å²) < 4.78 is 14.9. The molecule has 8 heteroatoms. The Kier molecular flexibility index (Phi) is 7.65. The third-order valence-electron chi connectivity index (χ3n) is 3.08. The van der Waals surface area contributed by atoms with Gasteiger partial charge in [-0.1, -0.05) is 0 Å². The summed E-state index contributed by atoms with van der Waals surface area (Å²) in [4.78, 5) is 37.0. The van der Waals surface area contributed by atoms with Crippen molar-refractivity contribution < 1.29 is 28.6 Å². The molecular formula is C14H23N2O6. The van der Waals surface area contributed by atoms with Crippen LogP contribution in [0.2, 0.25) is 0 Å². The molecule has 1 saturated heterocycles. The summed E-state index contributed by atoms with van der Waals surface area (Å²) in [7, 11) is 0. The third-order valence-corrected chi connectivity index (χ3v) is 3.08. The van der Waals surface area contributed by atoms with Gasteiger partial charge in [0.15, 0.2) is 0 Å². The van der Waals surface area contributed by atoms with E-state index in [1.54, 1.807) is 20.8 Å². The van der Waals surface area contributed by atoms with Crippen LogP contribution in [0.15, 0.2) is 0 Å². The van der Waals surface area contributed by atoms with Gasteiger partial charge in [0.2, 0.25) is 0 Å². The highest BCUT2D eigenvalue weighted by atomic mass is 16.6. The minimum atomic E-state index is -0.816. The molecule has 0 aliphatic carbocycles. The molecule has 1 aliphatic heterocycles. The van der Waals surface area contributed by atoms with Crippen LogP contribution in [0.4, 0.5) is 4.79 Å². The largest absolute Gasteiger partial charge is 0.466 e. The molecule has 0 aromatic carbocycles. The summed E-state index contributed by atoms with van der Waals surface area (Å²) >= 11 is 0. The van der Waals surface area contributed by atoms with Gasteiger partial charge < -0.3 is 19.1 Å². The molecule has 1 rings (SSSR count). The first kappa shape index (κ1) is 18.2. The smallest absolute Gasteiger partial charge is 0.409 e. The molecule has 0 aromatic rings. The van der Waals surface area contributed by atoms with Crippen LogP contribution in [0.1, 0.15) is 20.8 Å². The van der Waals surface area contributed by atoms with E-state index in [1.165, 1.54) is 4.90 Å². The number of hydrogen-bond donors (Lipinski definition) is 0. The van der Waals surface area contributed by atoms with Gasteiger partial charge >= 0.3 is 18.0 Å². The van der Waals surface area contributed by atoms with Crippen LogP contribution < -0.4 is 5.32 Å². The van der Waals surface area contributed by atoms with Gasteiger partial charge in [0, 0.05) is 13.1 Å². The Morgan fingerprint density at radius 3 is 2.14 bits per heavy atom. The summed E-state index contributed by atoms with van der Waals surface area (Å²) in [5, 5.41) is 4.19. The lowest BCUT2D eigenvalue weighted by Crippen LogP contribution is -2.44. The molecule has 0 N–H and O–H groups in total. The van der Waals surface area contributed by atoms with Gasteiger partial charge in [0.25, 0.3) is 0 Å². The molecule has 0 aromatic heterocycles. The topological polar surface area (TPSA) is 96.2 Å². The van der Waals surface area contributed by atoms with Gasteiger partial charge in [0.1, 0.15) is 6.04 Å². The summed E-state index contributed by atoms with van der Waals surface area (Å²) in [5.74, 6) is -1.56. The van der Waals surface area contributed by atoms with Crippen molar-refractivity contribution in [3.05, 3.63) is 0 Å². The van der Waals surface area contributed by atoms with Crippen LogP contribution in [0, 0.1) is 5.92 Å². The van der Waals surface area contributed by atoms with Crippen molar-refractivity contribution in [2.24, 2.45) is 5.92 Å². The zero-order valence-corrected chi connectivity index (χ0v) is 13.2. The normalized spacial score (nSPS) is 21.7. The average molecular weight is 315 g/mol. The zero-order chi connectivity index (χ0) is 16.5. The molecule has 1 aliphatic rings. The second-order valence-electron chi connectivity index (χ2n) is 4.69. The van der Waals surface area contributed by atoms with E-state index in [4.69, 9.17) is 14.2 Å². The van der Waals surface area contributed by atoms with Crippen molar-refractivity contribution in [3.8, 4) is 0 Å². The SMILES string of the molecule is CCOC(=O)C1C[N]C(C(=O)OCC)CN(C(=O)OCC)C1. The Balaban J connectivity index is 2.83. The summed E-state index contributed by atoms with van der Waals surface area (Å²) in [6.07, 6.45) is -0.580. The molecule has 2 unspecified atom stereocenters. The van der Waals surface area contributed by atoms with E-state index in [-0.39, 0.29) is 39.5 Å². The lowest BCUT2D eigenvalue weighted by molar-refractivity contribution is -0.148. The number of esters is 2. The molecule has 1 heterocycles. The Bertz CT molecular complexity index is 373. The molecule has 125 valence electrons. The first-order valence-electron chi connectivity index (χ1n) is 7.44. The maximum absolute atomic E-state index is 12.0. The number of rotatable bonds is 5. The van der Waals surface area contributed by atoms with Gasteiger partial charge in [0.05, 0.1) is 32.3 Å². The Morgan fingerprint density at radius 2 is 1.55 bits per heavy atom. The highest BCUT2D eigenvalue weighted by Gasteiger charge is 2.35. The monoisotopic (exact) mass is 315 g/mol. The van der Waals surface area contributed by atoms with Crippen molar-refractivity contribution in [1.29, 1.82) is 0 Å². The highest BCUT2D eigenvalue weighted by molar-refractivity contribution is 5.79. The number of carbonyl (C=O) groups is 3. The number of amides is 1. The molecular weight excluding hydrogens is 292 g/mol. The minimum Gasteiger partial charge on any atom is -0.466 e. The molecule has 22 heavy (non-hydrogen) atoms. The van der Waals surface area contributed by atoms with Gasteiger partial charge in [-0.2, -0.15) is 0 Å². The number of carbonyl (C=O) groups excluding carboxylic acids is 3. The third kappa shape index (κ3) is 5.18. The maximum Gasteiger partial charge on any atom is 0.409 e. The predicted octanol–water partition coefficient (Wildman–Crippen LogP) is 0.174. The fourth-order valence-electron chi connectivity index (χ4n) is 2.08. The standard InChI is InChI=1S/C14H23N2O6/c1-4-20-12(17)10-7-15-11(13(18)21-5-2)9-16(8-10)14(19)22-6-3/h10-11H,4-9H2,1-3H3. The second-order valence-corrected chi connectivity index (χ2v) is 4.69. The predicted molar refractivity (Wildman–Crippen MR) is 76.1 cm³/mol. The van der Waals surface area contributed by atoms with Crippen LogP contribution in [-0.4, -0.2) is 68.4 Å². The van der Waals surface area contributed by atoms with Crippen molar-refractivity contribution in [2.45, 2.75) is 26.8 Å². The number of nitrogens with zero attached hydrogens (tertiary/aromatic N) is 2. The van der Waals surface area contributed by atoms with E-state index < -0.39 is 30.0 Å². The number of hydrogen-bond acceptors (Lipinski definition) is 6. The minimum absolute atomic E-state index is 0.0353. The van der Waals surface area contributed by atoms with E-state index in [9.17, 15) is 14.4 Å². The van der Waals surface area contributed by atoms with Crippen LogP contribution in [-0.2, 0) is 23.8 Å². The molecule has 8 nitrogen and oxygen atoms in total. The van der Waals surface area contributed by atoms with E-state index in [1.807, 2.05) is 0 Å². The van der Waals surface area contributed by atoms with E-state index in [2.05, 4.69) is 5.32 Å². The van der Waals surface area contributed by atoms with Gasteiger partial charge in [-0.3, -0.25) is 9.59 Å². The number of ether oxygens (including phenoxy) is 3. The van der Waals surface area contributed by atoms with Crippen LogP contribution >= 0.6 is 0 Å². The average Bonchev–Trinajstić information content (AvgIpc) is 2.71. The van der Waals surface area contributed by atoms with Gasteiger partial charge in [-0.05, 0) is 20.8 Å². The summed E-state index contributed by atoms with van der Waals surface area (Å²) in [6.45, 7) is 6.02. The van der Waals surface area contributed by atoms with Crippen molar-refractivity contribution in [3.63, 3.8) is 0 Å². The summed E-state index contributed by atoms with van der Waals surface area (Å²) in [5.41, 5.74) is 0. The lowest BCUT2D eigenvalue weighted by Gasteiger charge is -2.23. The molecule has 1 radical (unpaired) electrons. The Hall–Kier alpha value is -1.83. The molecule has 2 atom stereocenters. The highest BCUT2D eigenvalue weighted by Crippen LogP contribution is 2.12. The van der Waals surface area contributed by atoms with Crippen molar-refractivity contribution >= 4 is 18.0 Å². The van der Waals surface area contributed by atoms with E-state index in [0.29, 0.717) is 0 Å². The van der Waals surface area contributed by atoms with Crippen LogP contribution in [0.5, 0.6) is 0 Å². The van der Waals surface area contributed by atoms with Gasteiger partial charge in [-0.25, -0.2) is 10.1 Å². The second kappa shape index (κ2) is 9.24. The lowest BCUT2D eigenvalue weighted by atomic mass is 10.1. The Morgan fingerprint density at radius 1 is 0.955 bits per heavy atom. The fourth-order valence-corrected chi connectivity index (χ4v) is 2.08. The summed E-state index contributed by atoms with van der Waals surface area (Å²) in [6, 6.07) is -0.816. The molecule has 0 spiro atoms. The first-order valence-corrected chi connectivity index (χ1v) is 7.44. The Labute approximate surface area is 130 Å². The van der Waals surface area contributed by atoms with E-state index in [0.717, 1.165) is 0 Å². The maximum atomic E-state index is 12.0. The fraction of sp³-hybridized carbons (Fsp3) is 0.786. The molecule has 1 amide bonds. The molecule has 0 saturated carbocycles. The molecule has 0 bridgehead atoms. The first-order chi connectivity index (χ1) is 10.5. The van der Waals surface area contributed by atoms with Crippen molar-refractivity contribution in [1.82, 2.24) is 10.2 Å². The van der Waals surface area contributed by atoms with Crippen LogP contribution in [0.25, 0.3) is 0 Å². The molecule has 1 fully saturated rings.